The van der Waals surface area contributed by atoms with E-state index in [1.165, 1.54) is 19.2 Å². The van der Waals surface area contributed by atoms with Gasteiger partial charge in [0.2, 0.25) is 0 Å². The number of carbonyl (C=O) groups is 2. The van der Waals surface area contributed by atoms with Gasteiger partial charge >= 0.3 is 11.9 Å². The predicted octanol–water partition coefficient (Wildman–Crippen LogP) is 1.38. The lowest BCUT2D eigenvalue weighted by Crippen LogP contribution is -2.17. The highest BCUT2D eigenvalue weighted by molar-refractivity contribution is 6.39. The average Bonchev–Trinajstić information content (AvgIpc) is 2.37. The molecule has 0 radical (unpaired) electrons. The van der Waals surface area contributed by atoms with Crippen molar-refractivity contribution in [3.8, 4) is 5.75 Å². The first-order chi connectivity index (χ1) is 9.35. The molecular formula is C13H15NO6. The Hall–Kier alpha value is -2.41. The van der Waals surface area contributed by atoms with E-state index < -0.39 is 30.2 Å². The van der Waals surface area contributed by atoms with E-state index in [4.69, 9.17) is 14.9 Å². The Bertz CT molecular complexity index is 550. The Morgan fingerprint density at radius 3 is 2.45 bits per heavy atom. The van der Waals surface area contributed by atoms with Crippen molar-refractivity contribution in [1.82, 2.24) is 0 Å². The van der Waals surface area contributed by atoms with E-state index in [0.717, 1.165) is 0 Å². The summed E-state index contributed by atoms with van der Waals surface area (Å²) in [6.07, 6.45) is -1.47. The number of aliphatic imine (C=N–C) groups is 1. The first-order valence-corrected chi connectivity index (χ1v) is 5.73. The number of aliphatic hydroxyl groups excluding tert-OH is 1. The van der Waals surface area contributed by atoms with Gasteiger partial charge < -0.3 is 20.1 Å². The summed E-state index contributed by atoms with van der Waals surface area (Å²) in [7, 11) is 1.38. The van der Waals surface area contributed by atoms with Crippen LogP contribution in [0.25, 0.3) is 0 Å². The maximum Gasteiger partial charge on any atom is 0.350 e. The van der Waals surface area contributed by atoms with Crippen LogP contribution in [0.4, 0.5) is 5.69 Å². The SMILES string of the molecule is COc1ccc(C(C)O)cc1N=C(CC(=O)O)C(=O)O. The number of nitrogens with zero attached hydrogens (tertiary/aromatic N) is 1. The number of hydrogen-bond donors (Lipinski definition) is 3. The number of carboxylic acids is 2. The third kappa shape index (κ3) is 4.06. The van der Waals surface area contributed by atoms with Crippen molar-refractivity contribution in [2.75, 3.05) is 7.11 Å². The van der Waals surface area contributed by atoms with Crippen molar-refractivity contribution in [3.63, 3.8) is 0 Å². The molecule has 1 aromatic rings. The second-order valence-corrected chi connectivity index (χ2v) is 4.04. The van der Waals surface area contributed by atoms with Crippen LogP contribution in [0.5, 0.6) is 5.75 Å². The molecule has 1 atom stereocenters. The zero-order valence-electron chi connectivity index (χ0n) is 11.0. The van der Waals surface area contributed by atoms with Gasteiger partial charge in [0.15, 0.2) is 0 Å². The lowest BCUT2D eigenvalue weighted by Gasteiger charge is -2.10. The molecule has 0 aliphatic rings. The number of hydrogen-bond acceptors (Lipinski definition) is 5. The number of aliphatic carboxylic acids is 2. The molecule has 20 heavy (non-hydrogen) atoms. The zero-order chi connectivity index (χ0) is 15.3. The van der Waals surface area contributed by atoms with Crippen LogP contribution in [0.1, 0.15) is 25.0 Å². The van der Waals surface area contributed by atoms with Crippen LogP contribution in [-0.2, 0) is 9.59 Å². The fraction of sp³-hybridized carbons (Fsp3) is 0.308. The smallest absolute Gasteiger partial charge is 0.350 e. The molecule has 108 valence electrons. The summed E-state index contributed by atoms with van der Waals surface area (Å²) in [6.45, 7) is 1.55. The zero-order valence-corrected chi connectivity index (χ0v) is 11.0. The molecule has 0 aromatic heterocycles. The number of rotatable bonds is 6. The van der Waals surface area contributed by atoms with Crippen LogP contribution in [0.2, 0.25) is 0 Å². The maximum absolute atomic E-state index is 11.0. The molecule has 0 bridgehead atoms. The standard InChI is InChI=1S/C13H15NO6/c1-7(15)8-3-4-11(20-2)9(5-8)14-10(13(18)19)6-12(16)17/h3-5,7,15H,6H2,1-2H3,(H,16,17)(H,18,19). The van der Waals surface area contributed by atoms with E-state index in [-0.39, 0.29) is 5.69 Å². The lowest BCUT2D eigenvalue weighted by atomic mass is 10.1. The van der Waals surface area contributed by atoms with Crippen molar-refractivity contribution < 1.29 is 29.6 Å². The van der Waals surface area contributed by atoms with Crippen LogP contribution >= 0.6 is 0 Å². The van der Waals surface area contributed by atoms with Gasteiger partial charge in [-0.15, -0.1) is 0 Å². The summed E-state index contributed by atoms with van der Waals surface area (Å²) in [5, 5.41) is 27.1. The molecule has 0 aliphatic heterocycles. The highest BCUT2D eigenvalue weighted by Gasteiger charge is 2.16. The second kappa shape index (κ2) is 6.67. The Balaban J connectivity index is 3.30. The molecular weight excluding hydrogens is 266 g/mol. The Morgan fingerprint density at radius 1 is 1.35 bits per heavy atom. The normalized spacial score (nSPS) is 12.8. The van der Waals surface area contributed by atoms with E-state index in [9.17, 15) is 14.7 Å². The first kappa shape index (κ1) is 15.6. The predicted molar refractivity (Wildman–Crippen MR) is 70.6 cm³/mol. The molecule has 7 heteroatoms. The van der Waals surface area contributed by atoms with Gasteiger partial charge in [0.25, 0.3) is 0 Å². The molecule has 1 aromatic carbocycles. The third-order valence-electron chi connectivity index (χ3n) is 2.51. The minimum absolute atomic E-state index is 0.157. The highest BCUT2D eigenvalue weighted by Crippen LogP contribution is 2.31. The van der Waals surface area contributed by atoms with Gasteiger partial charge in [0.05, 0.1) is 19.6 Å². The van der Waals surface area contributed by atoms with Gasteiger partial charge in [-0.2, -0.15) is 0 Å². The van der Waals surface area contributed by atoms with Gasteiger partial charge in [-0.05, 0) is 24.6 Å². The van der Waals surface area contributed by atoms with Crippen molar-refractivity contribution in [3.05, 3.63) is 23.8 Å². The Morgan fingerprint density at radius 2 is 2.00 bits per heavy atom. The third-order valence-corrected chi connectivity index (χ3v) is 2.51. The molecule has 7 nitrogen and oxygen atoms in total. The molecule has 0 spiro atoms. The van der Waals surface area contributed by atoms with Gasteiger partial charge in [0, 0.05) is 0 Å². The van der Waals surface area contributed by atoms with Gasteiger partial charge in [0.1, 0.15) is 17.1 Å². The summed E-state index contributed by atoms with van der Waals surface area (Å²) in [4.78, 5) is 25.4. The number of carboxylic acid groups (broad SMARTS) is 2. The maximum atomic E-state index is 11.0. The van der Waals surface area contributed by atoms with Crippen molar-refractivity contribution in [2.24, 2.45) is 4.99 Å². The number of ether oxygens (including phenoxy) is 1. The topological polar surface area (TPSA) is 116 Å². The summed E-state index contributed by atoms with van der Waals surface area (Å²) >= 11 is 0. The van der Waals surface area contributed by atoms with Crippen molar-refractivity contribution in [1.29, 1.82) is 0 Å². The van der Waals surface area contributed by atoms with E-state index in [0.29, 0.717) is 11.3 Å². The summed E-state index contributed by atoms with van der Waals surface area (Å²) < 4.78 is 5.04. The van der Waals surface area contributed by atoms with E-state index in [2.05, 4.69) is 4.99 Å². The number of benzene rings is 1. The Labute approximate surface area is 115 Å². The van der Waals surface area contributed by atoms with Crippen LogP contribution in [0.3, 0.4) is 0 Å². The monoisotopic (exact) mass is 281 g/mol. The average molecular weight is 281 g/mol. The van der Waals surface area contributed by atoms with Crippen LogP contribution in [0.15, 0.2) is 23.2 Å². The minimum atomic E-state index is -1.42. The molecule has 1 rings (SSSR count). The largest absolute Gasteiger partial charge is 0.494 e. The van der Waals surface area contributed by atoms with Crippen molar-refractivity contribution in [2.45, 2.75) is 19.4 Å². The van der Waals surface area contributed by atoms with Crippen LogP contribution in [0, 0.1) is 0 Å². The van der Waals surface area contributed by atoms with E-state index in [1.54, 1.807) is 13.0 Å². The van der Waals surface area contributed by atoms with Gasteiger partial charge in [-0.3, -0.25) is 4.79 Å². The molecule has 0 saturated carbocycles. The van der Waals surface area contributed by atoms with Crippen molar-refractivity contribution >= 4 is 23.3 Å². The first-order valence-electron chi connectivity index (χ1n) is 5.73. The number of aliphatic hydroxyl groups is 1. The minimum Gasteiger partial charge on any atom is -0.494 e. The molecule has 0 amide bonds. The van der Waals surface area contributed by atoms with E-state index >= 15 is 0 Å². The van der Waals surface area contributed by atoms with Crippen LogP contribution in [-0.4, -0.2) is 40.1 Å². The Kier molecular flexibility index (Phi) is 5.22. The summed E-state index contributed by atoms with van der Waals surface area (Å²) in [5.41, 5.74) is 0.160. The fourth-order valence-electron chi connectivity index (χ4n) is 1.51. The summed E-state index contributed by atoms with van der Waals surface area (Å²) in [6, 6.07) is 4.59. The van der Waals surface area contributed by atoms with E-state index in [1.807, 2.05) is 0 Å². The molecule has 0 aliphatic carbocycles. The van der Waals surface area contributed by atoms with Gasteiger partial charge in [-0.1, -0.05) is 6.07 Å². The molecule has 0 fully saturated rings. The molecule has 1 unspecified atom stereocenters. The van der Waals surface area contributed by atoms with Crippen LogP contribution < -0.4 is 4.74 Å². The number of methoxy groups -OCH3 is 1. The molecule has 3 N–H and O–H groups in total. The fourth-order valence-corrected chi connectivity index (χ4v) is 1.51. The molecule has 0 saturated heterocycles. The second-order valence-electron chi connectivity index (χ2n) is 4.04. The highest BCUT2D eigenvalue weighted by atomic mass is 16.5. The molecule has 0 heterocycles. The lowest BCUT2D eigenvalue weighted by molar-refractivity contribution is -0.137. The van der Waals surface area contributed by atoms with Gasteiger partial charge in [-0.25, -0.2) is 9.79 Å². The quantitative estimate of drug-likeness (QED) is 0.678. The summed E-state index contributed by atoms with van der Waals surface area (Å²) in [5.74, 6) is -2.42.